The summed E-state index contributed by atoms with van der Waals surface area (Å²) in [5, 5.41) is 0.971. The molecule has 0 bridgehead atoms. The molecule has 104 valence electrons. The summed E-state index contributed by atoms with van der Waals surface area (Å²) >= 11 is 1.36. The van der Waals surface area contributed by atoms with E-state index < -0.39 is 0 Å². The fraction of sp³-hybridized carbons (Fsp3) is 0.462. The monoisotopic (exact) mass is 282 g/mol. The van der Waals surface area contributed by atoms with Crippen LogP contribution in [0.15, 0.2) is 6.58 Å². The predicted octanol–water partition coefficient (Wildman–Crippen LogP) is 1.99. The number of esters is 1. The minimum Gasteiger partial charge on any atom is -0.462 e. The first-order chi connectivity index (χ1) is 9.19. The summed E-state index contributed by atoms with van der Waals surface area (Å²) in [7, 11) is 0. The number of hydrogen-bond acceptors (Lipinski definition) is 6. The van der Waals surface area contributed by atoms with Crippen molar-refractivity contribution in [2.45, 2.75) is 6.92 Å². The van der Waals surface area contributed by atoms with Gasteiger partial charge in [-0.1, -0.05) is 12.7 Å². The third kappa shape index (κ3) is 2.74. The molecule has 1 aromatic heterocycles. The van der Waals surface area contributed by atoms with Crippen molar-refractivity contribution < 1.29 is 14.3 Å². The molecule has 1 aromatic rings. The number of anilines is 2. The average Bonchev–Trinajstić information content (AvgIpc) is 2.77. The molecule has 0 atom stereocenters. The fourth-order valence-electron chi connectivity index (χ4n) is 1.99. The molecule has 1 aliphatic rings. The molecule has 2 heterocycles. The predicted molar refractivity (Wildman–Crippen MR) is 77.8 cm³/mol. The highest BCUT2D eigenvalue weighted by molar-refractivity contribution is 7.19. The molecule has 0 spiro atoms. The normalized spacial score (nSPS) is 15.3. The maximum Gasteiger partial charge on any atom is 0.350 e. The first-order valence-electron chi connectivity index (χ1n) is 6.23. The fourth-order valence-corrected chi connectivity index (χ4v) is 3.16. The van der Waals surface area contributed by atoms with Crippen LogP contribution in [0.5, 0.6) is 0 Å². The molecule has 1 saturated heterocycles. The molecule has 0 radical (unpaired) electrons. The largest absolute Gasteiger partial charge is 0.462 e. The highest BCUT2D eigenvalue weighted by Crippen LogP contribution is 2.39. The van der Waals surface area contributed by atoms with E-state index in [0.717, 1.165) is 23.7 Å². The number of carbonyl (C=O) groups is 1. The van der Waals surface area contributed by atoms with Crippen LogP contribution in [0, 0.1) is 0 Å². The Kier molecular flexibility index (Phi) is 4.44. The number of ether oxygens (including phenoxy) is 2. The highest BCUT2D eigenvalue weighted by atomic mass is 32.1. The molecule has 2 N–H and O–H groups in total. The number of morpholine rings is 1. The second-order valence-corrected chi connectivity index (χ2v) is 5.09. The zero-order valence-electron chi connectivity index (χ0n) is 11.0. The first-order valence-corrected chi connectivity index (χ1v) is 7.05. The third-order valence-electron chi connectivity index (χ3n) is 2.93. The molecular formula is C13H18N2O3S. The molecule has 0 saturated carbocycles. The second kappa shape index (κ2) is 6.08. The number of nitrogens with zero attached hydrogens (tertiary/aromatic N) is 1. The molecule has 1 aliphatic heterocycles. The summed E-state index contributed by atoms with van der Waals surface area (Å²) in [5.74, 6) is -0.368. The lowest BCUT2D eigenvalue weighted by atomic mass is 10.2. The summed E-state index contributed by atoms with van der Waals surface area (Å²) in [5.41, 5.74) is 7.31. The van der Waals surface area contributed by atoms with Crippen LogP contribution < -0.4 is 10.6 Å². The lowest BCUT2D eigenvalue weighted by Gasteiger charge is -2.28. The topological polar surface area (TPSA) is 64.8 Å². The van der Waals surface area contributed by atoms with E-state index in [1.807, 2.05) is 0 Å². The number of nitrogen functional groups attached to an aromatic ring is 1. The van der Waals surface area contributed by atoms with Gasteiger partial charge in [-0.05, 0) is 6.92 Å². The highest BCUT2D eigenvalue weighted by Gasteiger charge is 2.24. The van der Waals surface area contributed by atoms with E-state index in [2.05, 4.69) is 11.5 Å². The Morgan fingerprint density at radius 2 is 2.26 bits per heavy atom. The van der Waals surface area contributed by atoms with Crippen LogP contribution >= 0.6 is 11.3 Å². The van der Waals surface area contributed by atoms with Gasteiger partial charge in [0, 0.05) is 18.7 Å². The van der Waals surface area contributed by atoms with E-state index in [1.165, 1.54) is 11.3 Å². The molecule has 1 fully saturated rings. The van der Waals surface area contributed by atoms with Crippen LogP contribution in [0.4, 0.5) is 10.7 Å². The number of hydrogen-bond donors (Lipinski definition) is 1. The number of thiophene rings is 1. The summed E-state index contributed by atoms with van der Waals surface area (Å²) in [6.45, 7) is 8.86. The lowest BCUT2D eigenvalue weighted by Crippen LogP contribution is -2.36. The van der Waals surface area contributed by atoms with E-state index >= 15 is 0 Å². The lowest BCUT2D eigenvalue weighted by molar-refractivity contribution is 0.0533. The van der Waals surface area contributed by atoms with Gasteiger partial charge in [-0.3, -0.25) is 0 Å². The molecule has 0 aliphatic carbocycles. The van der Waals surface area contributed by atoms with Crippen LogP contribution in [-0.2, 0) is 9.47 Å². The van der Waals surface area contributed by atoms with Crippen LogP contribution in [0.2, 0.25) is 0 Å². The van der Waals surface area contributed by atoms with Crippen LogP contribution in [-0.4, -0.2) is 38.9 Å². The quantitative estimate of drug-likeness (QED) is 0.856. The maximum absolute atomic E-state index is 11.9. The Bertz CT molecular complexity index is 478. The van der Waals surface area contributed by atoms with Crippen molar-refractivity contribution in [1.82, 2.24) is 0 Å². The molecule has 0 aromatic carbocycles. The summed E-state index contributed by atoms with van der Waals surface area (Å²) in [6.07, 6.45) is 1.69. The minimum absolute atomic E-state index is 0.340. The van der Waals surface area contributed by atoms with Crippen molar-refractivity contribution in [3.05, 3.63) is 17.0 Å². The van der Waals surface area contributed by atoms with Crippen molar-refractivity contribution in [3.8, 4) is 0 Å². The molecule has 2 rings (SSSR count). The Labute approximate surface area is 116 Å². The van der Waals surface area contributed by atoms with Gasteiger partial charge in [0.1, 0.15) is 9.88 Å². The van der Waals surface area contributed by atoms with Gasteiger partial charge >= 0.3 is 5.97 Å². The summed E-state index contributed by atoms with van der Waals surface area (Å²) in [4.78, 5) is 14.5. The molecule has 5 nitrogen and oxygen atoms in total. The van der Waals surface area contributed by atoms with Crippen molar-refractivity contribution in [2.75, 3.05) is 43.5 Å². The number of nitrogens with two attached hydrogens (primary N) is 1. The van der Waals surface area contributed by atoms with E-state index in [0.29, 0.717) is 30.4 Å². The Morgan fingerprint density at radius 3 is 2.84 bits per heavy atom. The summed E-state index contributed by atoms with van der Waals surface area (Å²) < 4.78 is 10.4. The van der Waals surface area contributed by atoms with Gasteiger partial charge in [-0.2, -0.15) is 0 Å². The Balaban J connectivity index is 2.35. The standard InChI is InChI=1S/C13H18N2O3S/c1-3-9-10(14)11(13(16)18-4-2)19-12(9)15-5-7-17-8-6-15/h3H,1,4-8,14H2,2H3. The van der Waals surface area contributed by atoms with Crippen LogP contribution in [0.25, 0.3) is 6.08 Å². The molecule has 0 amide bonds. The van der Waals surface area contributed by atoms with Crippen molar-refractivity contribution in [2.24, 2.45) is 0 Å². The third-order valence-corrected chi connectivity index (χ3v) is 4.19. The minimum atomic E-state index is -0.368. The smallest absolute Gasteiger partial charge is 0.350 e. The van der Waals surface area contributed by atoms with Crippen molar-refractivity contribution in [1.29, 1.82) is 0 Å². The van der Waals surface area contributed by atoms with Gasteiger partial charge in [0.15, 0.2) is 0 Å². The van der Waals surface area contributed by atoms with Crippen LogP contribution in [0.3, 0.4) is 0 Å². The first kappa shape index (κ1) is 13.9. The molecule has 0 unspecified atom stereocenters. The van der Waals surface area contributed by atoms with Gasteiger partial charge in [0.05, 0.1) is 25.5 Å². The Hall–Kier alpha value is -1.53. The number of rotatable bonds is 4. The molecule has 6 heteroatoms. The van der Waals surface area contributed by atoms with Crippen molar-refractivity contribution >= 4 is 34.1 Å². The van der Waals surface area contributed by atoms with Crippen molar-refractivity contribution in [3.63, 3.8) is 0 Å². The van der Waals surface area contributed by atoms with E-state index in [4.69, 9.17) is 15.2 Å². The molecule has 19 heavy (non-hydrogen) atoms. The zero-order valence-corrected chi connectivity index (χ0v) is 11.8. The van der Waals surface area contributed by atoms with Crippen LogP contribution in [0.1, 0.15) is 22.2 Å². The SMILES string of the molecule is C=Cc1c(N2CCOCC2)sc(C(=O)OCC)c1N. The van der Waals surface area contributed by atoms with E-state index in [9.17, 15) is 4.79 Å². The maximum atomic E-state index is 11.9. The van der Waals surface area contributed by atoms with Gasteiger partial charge in [-0.25, -0.2) is 4.79 Å². The van der Waals surface area contributed by atoms with E-state index in [1.54, 1.807) is 13.0 Å². The van der Waals surface area contributed by atoms with E-state index in [-0.39, 0.29) is 5.97 Å². The summed E-state index contributed by atoms with van der Waals surface area (Å²) in [6, 6.07) is 0. The second-order valence-electron chi connectivity index (χ2n) is 4.09. The number of carbonyl (C=O) groups excluding carboxylic acids is 1. The van der Waals surface area contributed by atoms with Gasteiger partial charge < -0.3 is 20.1 Å². The van der Waals surface area contributed by atoms with Gasteiger partial charge in [0.25, 0.3) is 0 Å². The zero-order chi connectivity index (χ0) is 13.8. The Morgan fingerprint density at radius 1 is 1.58 bits per heavy atom. The molecular weight excluding hydrogens is 264 g/mol. The van der Waals surface area contributed by atoms with Gasteiger partial charge in [-0.15, -0.1) is 11.3 Å². The average molecular weight is 282 g/mol. The van der Waals surface area contributed by atoms with Gasteiger partial charge in [0.2, 0.25) is 0 Å².